The van der Waals surface area contributed by atoms with Crippen molar-refractivity contribution in [2.75, 3.05) is 18.5 Å². The third kappa shape index (κ3) is 3.83. The lowest BCUT2D eigenvalue weighted by Crippen LogP contribution is -2.34. The van der Waals surface area contributed by atoms with Crippen molar-refractivity contribution in [2.45, 2.75) is 33.1 Å². The summed E-state index contributed by atoms with van der Waals surface area (Å²) < 4.78 is 5.02. The number of hydrogen-bond donors (Lipinski definition) is 1. The Morgan fingerprint density at radius 1 is 1.14 bits per heavy atom. The van der Waals surface area contributed by atoms with E-state index in [9.17, 15) is 19.2 Å². The van der Waals surface area contributed by atoms with E-state index in [0.29, 0.717) is 29.7 Å². The highest BCUT2D eigenvalue weighted by Crippen LogP contribution is 2.35. The van der Waals surface area contributed by atoms with E-state index in [-0.39, 0.29) is 49.1 Å². The zero-order chi connectivity index (χ0) is 20.3. The number of ether oxygens (including phenoxy) is 1. The van der Waals surface area contributed by atoms with E-state index in [1.54, 1.807) is 32.0 Å². The first kappa shape index (κ1) is 19.8. The molecule has 7 heteroatoms. The summed E-state index contributed by atoms with van der Waals surface area (Å²) in [5.41, 5.74) is 1.51. The second-order valence-corrected chi connectivity index (χ2v) is 6.98. The van der Waals surface area contributed by atoms with E-state index >= 15 is 0 Å². The zero-order valence-corrected chi connectivity index (χ0v) is 16.1. The Bertz CT molecular complexity index is 819. The van der Waals surface area contributed by atoms with Gasteiger partial charge in [0.05, 0.1) is 24.0 Å². The molecule has 3 amide bonds. The molecule has 0 spiro atoms. The Morgan fingerprint density at radius 3 is 2.39 bits per heavy atom. The summed E-state index contributed by atoms with van der Waals surface area (Å²) in [4.78, 5) is 50.4. The van der Waals surface area contributed by atoms with E-state index in [4.69, 9.17) is 4.74 Å². The van der Waals surface area contributed by atoms with Crippen molar-refractivity contribution in [2.24, 2.45) is 11.8 Å². The molecule has 0 unspecified atom stereocenters. The van der Waals surface area contributed by atoms with E-state index in [2.05, 4.69) is 5.32 Å². The minimum atomic E-state index is -0.444. The van der Waals surface area contributed by atoms with E-state index in [0.717, 1.165) is 0 Å². The van der Waals surface area contributed by atoms with Gasteiger partial charge in [-0.25, -0.2) is 4.79 Å². The molecule has 3 rings (SSSR count). The van der Waals surface area contributed by atoms with Crippen molar-refractivity contribution >= 4 is 29.4 Å². The van der Waals surface area contributed by atoms with Crippen molar-refractivity contribution in [1.29, 1.82) is 0 Å². The molecule has 7 nitrogen and oxygen atoms in total. The maximum absolute atomic E-state index is 12.4. The number of hydrogen-bond acceptors (Lipinski definition) is 5. The van der Waals surface area contributed by atoms with Crippen LogP contribution in [0.15, 0.2) is 30.4 Å². The van der Waals surface area contributed by atoms with Gasteiger partial charge in [-0.3, -0.25) is 19.3 Å². The minimum Gasteiger partial charge on any atom is -0.462 e. The Balaban J connectivity index is 1.61. The molecule has 0 saturated carbocycles. The second kappa shape index (κ2) is 8.37. The lowest BCUT2D eigenvalue weighted by Gasteiger charge is -2.15. The van der Waals surface area contributed by atoms with Crippen molar-refractivity contribution < 1.29 is 23.9 Å². The van der Waals surface area contributed by atoms with E-state index in [1.807, 2.05) is 12.2 Å². The van der Waals surface area contributed by atoms with Crippen LogP contribution in [0.3, 0.4) is 0 Å². The Labute approximate surface area is 163 Å². The first-order valence-electron chi connectivity index (χ1n) is 9.50. The number of anilines is 1. The molecule has 0 aromatic heterocycles. The summed E-state index contributed by atoms with van der Waals surface area (Å²) in [5, 5.41) is 2.76. The van der Waals surface area contributed by atoms with Crippen LogP contribution >= 0.6 is 0 Å². The third-order valence-electron chi connectivity index (χ3n) is 5.26. The third-order valence-corrected chi connectivity index (χ3v) is 5.26. The number of amides is 3. The molecular formula is C21H24N2O5. The summed E-state index contributed by atoms with van der Waals surface area (Å²) in [6.07, 6.45) is 5.03. The highest BCUT2D eigenvalue weighted by atomic mass is 16.5. The molecule has 1 aromatic rings. The van der Waals surface area contributed by atoms with Crippen LogP contribution in [-0.2, 0) is 19.1 Å². The van der Waals surface area contributed by atoms with Gasteiger partial charge in [-0.15, -0.1) is 0 Å². The number of likely N-dealkylation sites (tertiary alicyclic amines) is 1. The number of imide groups is 1. The molecule has 2 aliphatic rings. The lowest BCUT2D eigenvalue weighted by atomic mass is 9.85. The number of fused-ring (bicyclic) bond motifs is 1. The van der Waals surface area contributed by atoms with Crippen LogP contribution in [0, 0.1) is 18.8 Å². The van der Waals surface area contributed by atoms with Gasteiger partial charge in [0.1, 0.15) is 0 Å². The van der Waals surface area contributed by atoms with E-state index < -0.39 is 5.97 Å². The lowest BCUT2D eigenvalue weighted by molar-refractivity contribution is -0.140. The molecular weight excluding hydrogens is 360 g/mol. The number of rotatable bonds is 6. The molecule has 1 heterocycles. The molecule has 1 aliphatic heterocycles. The van der Waals surface area contributed by atoms with Crippen LogP contribution in [0.25, 0.3) is 0 Å². The molecule has 148 valence electrons. The number of carbonyl (C=O) groups excluding carboxylic acids is 4. The van der Waals surface area contributed by atoms with Gasteiger partial charge in [0.2, 0.25) is 17.7 Å². The summed E-state index contributed by atoms with van der Waals surface area (Å²) in [5.74, 6) is -1.72. The predicted molar refractivity (Wildman–Crippen MR) is 102 cm³/mol. The average molecular weight is 384 g/mol. The monoisotopic (exact) mass is 384 g/mol. The summed E-state index contributed by atoms with van der Waals surface area (Å²) in [6, 6.07) is 5.00. The highest BCUT2D eigenvalue weighted by Gasteiger charge is 2.46. The average Bonchev–Trinajstić information content (AvgIpc) is 2.93. The molecule has 28 heavy (non-hydrogen) atoms. The second-order valence-electron chi connectivity index (χ2n) is 6.98. The number of benzene rings is 1. The number of nitrogens with one attached hydrogen (secondary N) is 1. The fraction of sp³-hybridized carbons (Fsp3) is 0.429. The van der Waals surface area contributed by atoms with Crippen LogP contribution in [0.4, 0.5) is 5.69 Å². The maximum atomic E-state index is 12.4. The largest absolute Gasteiger partial charge is 0.462 e. The highest BCUT2D eigenvalue weighted by molar-refractivity contribution is 6.06. The van der Waals surface area contributed by atoms with E-state index in [1.165, 1.54) is 4.90 Å². The number of allylic oxidation sites excluding steroid dienone is 2. The van der Waals surface area contributed by atoms with Crippen LogP contribution in [-0.4, -0.2) is 41.7 Å². The Hall–Kier alpha value is -2.96. The topological polar surface area (TPSA) is 92.8 Å². The molecule has 0 radical (unpaired) electrons. The van der Waals surface area contributed by atoms with Crippen molar-refractivity contribution in [3.63, 3.8) is 0 Å². The fourth-order valence-corrected chi connectivity index (χ4v) is 3.72. The van der Waals surface area contributed by atoms with Gasteiger partial charge in [0.25, 0.3) is 0 Å². The van der Waals surface area contributed by atoms with Crippen molar-refractivity contribution in [1.82, 2.24) is 4.90 Å². The normalized spacial score (nSPS) is 20.9. The SMILES string of the molecule is CCOC(=O)c1cccc(NC(=O)CCN2C(=O)[C@H]3CC=CC[C@H]3C2=O)c1C. The van der Waals surface area contributed by atoms with Gasteiger partial charge in [-0.2, -0.15) is 0 Å². The van der Waals surface area contributed by atoms with Gasteiger partial charge in [0, 0.05) is 18.7 Å². The quantitative estimate of drug-likeness (QED) is 0.462. The Morgan fingerprint density at radius 2 is 1.79 bits per heavy atom. The van der Waals surface area contributed by atoms with Crippen LogP contribution in [0.1, 0.15) is 42.1 Å². The van der Waals surface area contributed by atoms with Gasteiger partial charge in [0.15, 0.2) is 0 Å². The number of carbonyl (C=O) groups is 4. The van der Waals surface area contributed by atoms with Gasteiger partial charge in [-0.05, 0) is 44.4 Å². The van der Waals surface area contributed by atoms with Crippen LogP contribution in [0.2, 0.25) is 0 Å². The first-order valence-corrected chi connectivity index (χ1v) is 9.50. The minimum absolute atomic E-state index is 0.00736. The number of esters is 1. The molecule has 1 saturated heterocycles. The van der Waals surface area contributed by atoms with Gasteiger partial charge in [-0.1, -0.05) is 18.2 Å². The molecule has 1 aromatic carbocycles. The summed E-state index contributed by atoms with van der Waals surface area (Å²) in [6.45, 7) is 3.79. The molecule has 1 aliphatic carbocycles. The van der Waals surface area contributed by atoms with Gasteiger partial charge < -0.3 is 10.1 Å². The molecule has 1 N–H and O–H groups in total. The standard InChI is InChI=1S/C21H24N2O5/c1-3-28-21(27)14-9-6-10-17(13(14)2)22-18(24)11-12-23-19(25)15-7-4-5-8-16(15)20(23)26/h4-6,9-10,15-16H,3,7-8,11-12H2,1-2H3,(H,22,24)/t15-,16+. The number of nitrogens with zero attached hydrogens (tertiary/aromatic N) is 1. The van der Waals surface area contributed by atoms with Crippen LogP contribution in [0.5, 0.6) is 0 Å². The first-order chi connectivity index (χ1) is 13.4. The molecule has 2 atom stereocenters. The summed E-state index contributed by atoms with van der Waals surface area (Å²) in [7, 11) is 0. The summed E-state index contributed by atoms with van der Waals surface area (Å²) >= 11 is 0. The Kier molecular flexibility index (Phi) is 5.92. The maximum Gasteiger partial charge on any atom is 0.338 e. The predicted octanol–water partition coefficient (Wildman–Crippen LogP) is 2.45. The zero-order valence-electron chi connectivity index (χ0n) is 16.1. The fourth-order valence-electron chi connectivity index (χ4n) is 3.72. The molecule has 0 bridgehead atoms. The van der Waals surface area contributed by atoms with Gasteiger partial charge >= 0.3 is 5.97 Å². The van der Waals surface area contributed by atoms with Crippen molar-refractivity contribution in [3.05, 3.63) is 41.5 Å². The smallest absolute Gasteiger partial charge is 0.338 e. The van der Waals surface area contributed by atoms with Crippen molar-refractivity contribution in [3.8, 4) is 0 Å². The van der Waals surface area contributed by atoms with Crippen LogP contribution < -0.4 is 5.32 Å². The molecule has 1 fully saturated rings.